The molecule has 5 nitrogen and oxygen atoms in total. The molecule has 2 fully saturated rings. The molecular weight excluding hydrogens is 276 g/mol. The van der Waals surface area contributed by atoms with Crippen LogP contribution < -0.4 is 5.32 Å². The molecule has 0 radical (unpaired) electrons. The summed E-state index contributed by atoms with van der Waals surface area (Å²) in [5, 5.41) is 3.80. The van der Waals surface area contributed by atoms with Crippen LogP contribution in [0.4, 0.5) is 0 Å². The number of ether oxygens (including phenoxy) is 1. The summed E-state index contributed by atoms with van der Waals surface area (Å²) in [6, 6.07) is 0.467. The van der Waals surface area contributed by atoms with Crippen molar-refractivity contribution in [1.82, 2.24) is 19.8 Å². The zero-order valence-electron chi connectivity index (χ0n) is 13.8. The smallest absolute Gasteiger partial charge is 0.0946 e. The minimum atomic E-state index is 0.352. The Hall–Kier alpha value is -0.910. The second-order valence-electron chi connectivity index (χ2n) is 6.93. The molecule has 0 aromatic carbocycles. The molecule has 1 aromatic heterocycles. The number of morpholine rings is 1. The Morgan fingerprint density at radius 1 is 1.23 bits per heavy atom. The minimum Gasteiger partial charge on any atom is -0.379 e. The fraction of sp³-hybridized carbons (Fsp3) is 0.824. The number of hydrogen-bond donors (Lipinski definition) is 1. The average Bonchev–Trinajstić information content (AvgIpc) is 3.08. The Labute approximate surface area is 134 Å². The highest BCUT2D eigenvalue weighted by Crippen LogP contribution is 2.34. The monoisotopic (exact) mass is 306 g/mol. The first kappa shape index (κ1) is 16.0. The molecule has 1 aliphatic heterocycles. The van der Waals surface area contributed by atoms with Crippen molar-refractivity contribution in [2.45, 2.75) is 57.2 Å². The van der Waals surface area contributed by atoms with Crippen LogP contribution in [0.5, 0.6) is 0 Å². The van der Waals surface area contributed by atoms with E-state index in [9.17, 15) is 0 Å². The molecule has 1 unspecified atom stereocenters. The number of hydrogen-bond acceptors (Lipinski definition) is 4. The number of aromatic nitrogens is 2. The van der Waals surface area contributed by atoms with E-state index in [4.69, 9.17) is 4.74 Å². The maximum Gasteiger partial charge on any atom is 0.0946 e. The SMILES string of the molecule is CC(Cn1ccnc1)NCC1(N2CCOCC2)CCCCC1. The Morgan fingerprint density at radius 3 is 2.68 bits per heavy atom. The Morgan fingerprint density at radius 2 is 2.00 bits per heavy atom. The molecule has 0 spiro atoms. The molecule has 0 amide bonds. The average molecular weight is 306 g/mol. The quantitative estimate of drug-likeness (QED) is 0.871. The van der Waals surface area contributed by atoms with E-state index in [2.05, 4.69) is 26.7 Å². The van der Waals surface area contributed by atoms with Crippen LogP contribution in [0, 0.1) is 0 Å². The van der Waals surface area contributed by atoms with E-state index in [1.54, 1.807) is 0 Å². The highest BCUT2D eigenvalue weighted by molar-refractivity contribution is 4.96. The van der Waals surface area contributed by atoms with Crippen LogP contribution in [0.2, 0.25) is 0 Å². The van der Waals surface area contributed by atoms with Crippen molar-refractivity contribution < 1.29 is 4.74 Å². The van der Waals surface area contributed by atoms with Crippen LogP contribution in [0.15, 0.2) is 18.7 Å². The standard InChI is InChI=1S/C17H30N4O/c1-16(13-20-8-7-18-15-20)19-14-17(5-3-2-4-6-17)21-9-11-22-12-10-21/h7-8,15-16,19H,2-6,9-14H2,1H3. The van der Waals surface area contributed by atoms with Crippen LogP contribution in [-0.2, 0) is 11.3 Å². The minimum absolute atomic E-state index is 0.352. The molecule has 1 aliphatic carbocycles. The summed E-state index contributed by atoms with van der Waals surface area (Å²) in [6.07, 6.45) is 12.6. The molecule has 2 aliphatic rings. The van der Waals surface area contributed by atoms with Gasteiger partial charge in [0.15, 0.2) is 0 Å². The zero-order valence-corrected chi connectivity index (χ0v) is 13.8. The topological polar surface area (TPSA) is 42.3 Å². The van der Waals surface area contributed by atoms with E-state index in [1.807, 2.05) is 18.7 Å². The lowest BCUT2D eigenvalue weighted by Gasteiger charge is -2.48. The van der Waals surface area contributed by atoms with E-state index < -0.39 is 0 Å². The van der Waals surface area contributed by atoms with Crippen molar-refractivity contribution in [3.05, 3.63) is 18.7 Å². The lowest BCUT2D eigenvalue weighted by Crippen LogP contribution is -2.60. The van der Waals surface area contributed by atoms with Gasteiger partial charge in [-0.15, -0.1) is 0 Å². The molecule has 22 heavy (non-hydrogen) atoms. The molecule has 0 bridgehead atoms. The van der Waals surface area contributed by atoms with Gasteiger partial charge in [-0.25, -0.2) is 4.98 Å². The third-order valence-electron chi connectivity index (χ3n) is 5.29. The van der Waals surface area contributed by atoms with Crippen LogP contribution in [-0.4, -0.2) is 58.9 Å². The van der Waals surface area contributed by atoms with Crippen molar-refractivity contribution in [2.75, 3.05) is 32.8 Å². The second kappa shape index (κ2) is 7.57. The van der Waals surface area contributed by atoms with Gasteiger partial charge in [0.05, 0.1) is 19.5 Å². The highest BCUT2D eigenvalue weighted by atomic mass is 16.5. The number of nitrogens with one attached hydrogen (secondary N) is 1. The Balaban J connectivity index is 1.57. The number of rotatable bonds is 6. The molecule has 1 atom stereocenters. The van der Waals surface area contributed by atoms with Crippen LogP contribution >= 0.6 is 0 Å². The van der Waals surface area contributed by atoms with Gasteiger partial charge in [-0.3, -0.25) is 4.90 Å². The first-order valence-electron chi connectivity index (χ1n) is 8.80. The molecule has 1 aromatic rings. The van der Waals surface area contributed by atoms with E-state index in [-0.39, 0.29) is 0 Å². The molecule has 2 heterocycles. The fourth-order valence-corrected chi connectivity index (χ4v) is 3.99. The lowest BCUT2D eigenvalue weighted by molar-refractivity contribution is -0.0376. The zero-order chi connectivity index (χ0) is 15.3. The lowest BCUT2D eigenvalue weighted by atomic mass is 9.79. The molecule has 1 N–H and O–H groups in total. The van der Waals surface area contributed by atoms with E-state index in [0.717, 1.165) is 39.4 Å². The summed E-state index contributed by atoms with van der Waals surface area (Å²) < 4.78 is 7.71. The normalized spacial score (nSPS) is 24.2. The van der Waals surface area contributed by atoms with E-state index >= 15 is 0 Å². The van der Waals surface area contributed by atoms with Gasteiger partial charge in [-0.2, -0.15) is 0 Å². The van der Waals surface area contributed by atoms with Gasteiger partial charge >= 0.3 is 0 Å². The summed E-state index contributed by atoms with van der Waals surface area (Å²) in [5.41, 5.74) is 0.352. The summed E-state index contributed by atoms with van der Waals surface area (Å²) in [7, 11) is 0. The number of nitrogens with zero attached hydrogens (tertiary/aromatic N) is 3. The van der Waals surface area contributed by atoms with Crippen molar-refractivity contribution in [3.8, 4) is 0 Å². The predicted octanol–water partition coefficient (Wildman–Crippen LogP) is 1.90. The van der Waals surface area contributed by atoms with E-state index in [1.165, 1.54) is 32.1 Å². The van der Waals surface area contributed by atoms with Gasteiger partial charge < -0.3 is 14.6 Å². The molecule has 3 rings (SSSR count). The summed E-state index contributed by atoms with van der Waals surface area (Å²) >= 11 is 0. The largest absolute Gasteiger partial charge is 0.379 e. The first-order chi connectivity index (χ1) is 10.8. The van der Waals surface area contributed by atoms with Gasteiger partial charge in [0.25, 0.3) is 0 Å². The van der Waals surface area contributed by atoms with Crippen molar-refractivity contribution >= 4 is 0 Å². The molecule has 124 valence electrons. The van der Waals surface area contributed by atoms with Crippen molar-refractivity contribution in [1.29, 1.82) is 0 Å². The highest BCUT2D eigenvalue weighted by Gasteiger charge is 2.38. The third-order valence-corrected chi connectivity index (χ3v) is 5.29. The third kappa shape index (κ3) is 3.89. The van der Waals surface area contributed by atoms with Gasteiger partial charge in [0, 0.05) is 50.2 Å². The van der Waals surface area contributed by atoms with Crippen LogP contribution in [0.25, 0.3) is 0 Å². The Kier molecular flexibility index (Phi) is 5.50. The van der Waals surface area contributed by atoms with Gasteiger partial charge in [-0.1, -0.05) is 19.3 Å². The predicted molar refractivity (Wildman–Crippen MR) is 87.9 cm³/mol. The summed E-state index contributed by atoms with van der Waals surface area (Å²) in [5.74, 6) is 0. The maximum absolute atomic E-state index is 5.56. The van der Waals surface area contributed by atoms with Crippen LogP contribution in [0.3, 0.4) is 0 Å². The van der Waals surface area contributed by atoms with Gasteiger partial charge in [-0.05, 0) is 19.8 Å². The van der Waals surface area contributed by atoms with Gasteiger partial charge in [0.1, 0.15) is 0 Å². The maximum atomic E-state index is 5.56. The first-order valence-corrected chi connectivity index (χ1v) is 8.80. The van der Waals surface area contributed by atoms with Gasteiger partial charge in [0.2, 0.25) is 0 Å². The summed E-state index contributed by atoms with van der Waals surface area (Å²) in [6.45, 7) is 8.34. The fourth-order valence-electron chi connectivity index (χ4n) is 3.99. The molecule has 1 saturated carbocycles. The Bertz CT molecular complexity index is 422. The second-order valence-corrected chi connectivity index (χ2v) is 6.93. The van der Waals surface area contributed by atoms with Crippen molar-refractivity contribution in [3.63, 3.8) is 0 Å². The summed E-state index contributed by atoms with van der Waals surface area (Å²) in [4.78, 5) is 6.83. The number of imidazole rings is 1. The van der Waals surface area contributed by atoms with Crippen LogP contribution in [0.1, 0.15) is 39.0 Å². The molecule has 1 saturated heterocycles. The molecule has 5 heteroatoms. The van der Waals surface area contributed by atoms with E-state index in [0.29, 0.717) is 11.6 Å². The molecular formula is C17H30N4O. The van der Waals surface area contributed by atoms with Crippen molar-refractivity contribution in [2.24, 2.45) is 0 Å².